The summed E-state index contributed by atoms with van der Waals surface area (Å²) in [4.78, 5) is 0. The van der Waals surface area contributed by atoms with Gasteiger partial charge in [-0.15, -0.1) is 0 Å². The minimum atomic E-state index is 0. The highest BCUT2D eigenvalue weighted by Gasteiger charge is 1.89. The average Bonchev–Trinajstić information content (AvgIpc) is 1.27. The van der Waals surface area contributed by atoms with Gasteiger partial charge in [-0.05, 0) is 28.2 Å². The lowest BCUT2D eigenvalue weighted by atomic mass is 11.3. The van der Waals surface area contributed by atoms with Crippen molar-refractivity contribution in [2.75, 3.05) is 28.2 Å². The molecule has 0 fully saturated rings. The molecule has 0 saturated carbocycles. The van der Waals surface area contributed by atoms with E-state index in [1.165, 1.54) is 0 Å². The Kier molecular flexibility index (Phi) is 26.6. The molecule has 0 bridgehead atoms. The van der Waals surface area contributed by atoms with E-state index in [2.05, 4.69) is 0 Å². The van der Waals surface area contributed by atoms with Crippen molar-refractivity contribution in [3.05, 3.63) is 0 Å². The van der Waals surface area contributed by atoms with Crippen LogP contribution in [-0.2, 0) is 0 Å². The van der Waals surface area contributed by atoms with Crippen LogP contribution in [0.3, 0.4) is 0 Å². The molecule has 0 heterocycles. The Balaban J connectivity index is -0.0000000600. The second-order valence-electron chi connectivity index (χ2n) is 1.71. The van der Waals surface area contributed by atoms with Gasteiger partial charge in [-0.1, -0.05) is 0 Å². The minimum Gasteiger partial charge on any atom is -0.269 e. The lowest BCUT2D eigenvalue weighted by Crippen LogP contribution is -2.10. The van der Waals surface area contributed by atoms with Gasteiger partial charge in [0.25, 0.3) is 0 Å². The number of hydrogen-bond donors (Lipinski definition) is 0. The van der Waals surface area contributed by atoms with Gasteiger partial charge in [0, 0.05) is 12.1 Å². The number of nitrogens with zero attached hydrogens (tertiary/aromatic N) is 2. The Labute approximate surface area is 63.9 Å². The Morgan fingerprint density at radius 1 is 0.700 bits per heavy atom. The van der Waals surface area contributed by atoms with Gasteiger partial charge in [0.05, 0.1) is 0 Å². The molecule has 0 saturated heterocycles. The second kappa shape index (κ2) is 11.8. The smallest absolute Gasteiger partial charge is 0.00791 e. The van der Waals surface area contributed by atoms with E-state index in [0.717, 1.165) is 0 Å². The van der Waals surface area contributed by atoms with Crippen LogP contribution in [0, 0.1) is 0 Å². The summed E-state index contributed by atoms with van der Waals surface area (Å²) in [6.45, 7) is 0. The van der Waals surface area contributed by atoms with Gasteiger partial charge in [-0.2, -0.15) is 0 Å². The van der Waals surface area contributed by atoms with Crippen LogP contribution in [0.4, 0.5) is 14.1 Å². The normalized spacial score (nSPS) is 7.80. The predicted octanol–water partition coefficient (Wildman–Crippen LogP) is 1.13. The van der Waals surface area contributed by atoms with Crippen molar-refractivity contribution < 1.29 is 14.1 Å². The molecule has 0 rings (SSSR count). The highest BCUT2D eigenvalue weighted by atomic mass is 32.2. The number of hydrogen-bond acceptors (Lipinski definition) is 3. The standard InChI is InChI=1S/C4H12N2S.3FH/c1-5(2)7-6(3)4;;;/h1-4H3;3*1H. The van der Waals surface area contributed by atoms with E-state index in [-0.39, 0.29) is 14.1 Å². The Morgan fingerprint density at radius 2 is 0.900 bits per heavy atom. The topological polar surface area (TPSA) is 6.48 Å². The van der Waals surface area contributed by atoms with Crippen LogP contribution in [0.5, 0.6) is 0 Å². The maximum Gasteiger partial charge on any atom is 0.00791 e. The van der Waals surface area contributed by atoms with Crippen LogP contribution in [0.2, 0.25) is 0 Å². The van der Waals surface area contributed by atoms with Gasteiger partial charge >= 0.3 is 0 Å². The fourth-order valence-corrected chi connectivity index (χ4v) is 0.980. The molecule has 0 unspecified atom stereocenters. The van der Waals surface area contributed by atoms with Crippen LogP contribution in [0.1, 0.15) is 0 Å². The molecule has 0 amide bonds. The van der Waals surface area contributed by atoms with Crippen LogP contribution >= 0.6 is 12.1 Å². The van der Waals surface area contributed by atoms with Crippen molar-refractivity contribution in [2.24, 2.45) is 0 Å². The van der Waals surface area contributed by atoms with Crippen molar-refractivity contribution in [2.45, 2.75) is 0 Å². The molecule has 0 spiro atoms. The summed E-state index contributed by atoms with van der Waals surface area (Å²) in [5.41, 5.74) is 0. The van der Waals surface area contributed by atoms with Crippen LogP contribution in [-0.4, -0.2) is 36.8 Å². The largest absolute Gasteiger partial charge is 0.269 e. The molecule has 0 atom stereocenters. The minimum absolute atomic E-state index is 0. The molecule has 0 aliphatic carbocycles. The Hall–Kier alpha value is 0.0600. The quantitative estimate of drug-likeness (QED) is 0.588. The van der Waals surface area contributed by atoms with Crippen LogP contribution in [0.25, 0.3) is 0 Å². The van der Waals surface area contributed by atoms with E-state index in [4.69, 9.17) is 0 Å². The SMILES string of the molecule is CN(C)SN(C)C.F.F.F. The summed E-state index contributed by atoms with van der Waals surface area (Å²) in [5.74, 6) is 0. The van der Waals surface area contributed by atoms with E-state index >= 15 is 0 Å². The fraction of sp³-hybridized carbons (Fsp3) is 1.00. The van der Waals surface area contributed by atoms with Gasteiger partial charge in [-0.3, -0.25) is 14.1 Å². The molecular weight excluding hydrogens is 165 g/mol. The first-order chi connectivity index (χ1) is 3.13. The highest BCUT2D eigenvalue weighted by Crippen LogP contribution is 2.03. The fourth-order valence-electron chi connectivity index (χ4n) is 0.327. The first kappa shape index (κ1) is 22.5. The lowest BCUT2D eigenvalue weighted by molar-refractivity contribution is 0.617. The molecule has 0 N–H and O–H groups in total. The molecule has 0 radical (unpaired) electrons. The van der Waals surface area contributed by atoms with Gasteiger partial charge < -0.3 is 0 Å². The Morgan fingerprint density at radius 3 is 0.900 bits per heavy atom. The molecular formula is C4H15F3N2S. The predicted molar refractivity (Wildman–Crippen MR) is 42.5 cm³/mol. The molecule has 0 aliphatic heterocycles. The van der Waals surface area contributed by atoms with E-state index in [1.807, 2.05) is 36.8 Å². The monoisotopic (exact) mass is 180 g/mol. The molecule has 10 heavy (non-hydrogen) atoms. The first-order valence-electron chi connectivity index (χ1n) is 2.15. The summed E-state index contributed by atoms with van der Waals surface area (Å²) < 4.78 is 4.08. The van der Waals surface area contributed by atoms with Crippen molar-refractivity contribution in [3.8, 4) is 0 Å². The van der Waals surface area contributed by atoms with Gasteiger partial charge in [0.2, 0.25) is 0 Å². The van der Waals surface area contributed by atoms with Crippen molar-refractivity contribution in [1.82, 2.24) is 8.61 Å². The van der Waals surface area contributed by atoms with E-state index in [1.54, 1.807) is 12.1 Å². The maximum atomic E-state index is 2.04. The third kappa shape index (κ3) is 24.4. The van der Waals surface area contributed by atoms with Gasteiger partial charge in [0.1, 0.15) is 0 Å². The van der Waals surface area contributed by atoms with E-state index < -0.39 is 0 Å². The molecule has 0 aromatic rings. The van der Waals surface area contributed by atoms with Gasteiger partial charge in [0.15, 0.2) is 0 Å². The molecule has 0 aromatic carbocycles. The summed E-state index contributed by atoms with van der Waals surface area (Å²) in [5, 5.41) is 0. The van der Waals surface area contributed by atoms with Crippen molar-refractivity contribution >= 4 is 12.1 Å². The zero-order valence-corrected chi connectivity index (χ0v) is 7.34. The summed E-state index contributed by atoms with van der Waals surface area (Å²) in [6, 6.07) is 0. The van der Waals surface area contributed by atoms with Gasteiger partial charge in [-0.25, -0.2) is 8.61 Å². The summed E-state index contributed by atoms with van der Waals surface area (Å²) in [6.07, 6.45) is 0. The first-order valence-corrected chi connectivity index (χ1v) is 2.88. The molecule has 6 heteroatoms. The number of halogens is 3. The van der Waals surface area contributed by atoms with Crippen LogP contribution < -0.4 is 0 Å². The summed E-state index contributed by atoms with van der Waals surface area (Å²) >= 11 is 1.68. The molecule has 2 nitrogen and oxygen atoms in total. The second-order valence-corrected chi connectivity index (χ2v) is 3.33. The lowest BCUT2D eigenvalue weighted by Gasteiger charge is -2.12. The number of rotatable bonds is 2. The highest BCUT2D eigenvalue weighted by molar-refractivity contribution is 7.94. The van der Waals surface area contributed by atoms with Crippen LogP contribution in [0.15, 0.2) is 0 Å². The summed E-state index contributed by atoms with van der Waals surface area (Å²) in [7, 11) is 8.07. The molecule has 68 valence electrons. The van der Waals surface area contributed by atoms with E-state index in [9.17, 15) is 0 Å². The van der Waals surface area contributed by atoms with E-state index in [0.29, 0.717) is 0 Å². The average molecular weight is 180 g/mol. The maximum absolute atomic E-state index is 2.04. The molecule has 0 aromatic heterocycles. The Bertz CT molecular complexity index is 47.8. The third-order valence-corrected chi connectivity index (χ3v) is 0.980. The van der Waals surface area contributed by atoms with Crippen molar-refractivity contribution in [3.63, 3.8) is 0 Å². The van der Waals surface area contributed by atoms with Crippen molar-refractivity contribution in [1.29, 1.82) is 0 Å². The zero-order valence-electron chi connectivity index (χ0n) is 6.53. The third-order valence-electron chi connectivity index (χ3n) is 0.327. The molecule has 0 aliphatic rings. The zero-order chi connectivity index (χ0) is 5.86.